The van der Waals surface area contributed by atoms with Crippen LogP contribution in [0.15, 0.2) is 47.5 Å². The number of nitrogens with zero attached hydrogens (tertiary/aromatic N) is 3. The Morgan fingerprint density at radius 3 is 2.97 bits per heavy atom. The van der Waals surface area contributed by atoms with E-state index in [1.165, 1.54) is 11.8 Å². The number of carbonyl (C=O) groups is 2. The number of benzene rings is 1. The molecule has 2 unspecified atom stereocenters. The number of β-amino-alcohol motifs (C(OH)–C–C–N with tert-alkyl or cyclic N) is 1. The molecule has 38 heavy (non-hydrogen) atoms. The summed E-state index contributed by atoms with van der Waals surface area (Å²) >= 11 is 1.47. The van der Waals surface area contributed by atoms with Gasteiger partial charge < -0.3 is 30.5 Å². The third-order valence-electron chi connectivity index (χ3n) is 7.14. The molecule has 2 saturated heterocycles. The van der Waals surface area contributed by atoms with Gasteiger partial charge in [-0.1, -0.05) is 0 Å². The number of thioether (sulfide) groups is 1. The molecule has 3 aliphatic rings. The van der Waals surface area contributed by atoms with E-state index < -0.39 is 18.3 Å². The first-order valence-electron chi connectivity index (χ1n) is 12.5. The predicted molar refractivity (Wildman–Crippen MR) is 143 cm³/mol. The van der Waals surface area contributed by atoms with Crippen LogP contribution in [-0.2, 0) is 9.53 Å². The number of rotatable bonds is 7. The average Bonchev–Trinajstić information content (AvgIpc) is 3.53. The van der Waals surface area contributed by atoms with Crippen molar-refractivity contribution < 1.29 is 24.2 Å². The highest BCUT2D eigenvalue weighted by atomic mass is 32.2. The van der Waals surface area contributed by atoms with Crippen LogP contribution in [0, 0.1) is 5.92 Å². The Labute approximate surface area is 223 Å². The maximum absolute atomic E-state index is 12.8. The molecule has 2 fully saturated rings. The zero-order valence-electron chi connectivity index (χ0n) is 20.7. The fourth-order valence-electron chi connectivity index (χ4n) is 5.25. The van der Waals surface area contributed by atoms with Crippen LogP contribution in [-0.4, -0.2) is 78.3 Å². The Kier molecular flexibility index (Phi) is 6.78. The molecule has 5 heterocycles. The van der Waals surface area contributed by atoms with E-state index in [1.807, 2.05) is 30.3 Å². The number of carbonyl (C=O) groups excluding carboxylic acids is 2. The minimum absolute atomic E-state index is 0.0592. The lowest BCUT2D eigenvalue weighted by atomic mass is 9.89. The summed E-state index contributed by atoms with van der Waals surface area (Å²) < 4.78 is 11.0. The molecule has 4 atom stereocenters. The molecule has 0 spiro atoms. The van der Waals surface area contributed by atoms with Gasteiger partial charge in [-0.25, -0.2) is 9.78 Å². The summed E-state index contributed by atoms with van der Waals surface area (Å²) in [7, 11) is 1.57. The fraction of sp³-hybridized carbons (Fsp3) is 0.385. The van der Waals surface area contributed by atoms with Crippen molar-refractivity contribution in [1.82, 2.24) is 20.6 Å². The molecular formula is C26H28N6O5S. The molecular weight excluding hydrogens is 508 g/mol. The molecule has 4 N–H and O–H groups in total. The smallest absolute Gasteiger partial charge is 0.414 e. The zero-order valence-corrected chi connectivity index (χ0v) is 21.5. The number of anilines is 2. The van der Waals surface area contributed by atoms with Crippen LogP contribution in [0.3, 0.4) is 0 Å². The molecule has 3 aliphatic heterocycles. The number of aromatic nitrogens is 2. The number of nitrogens with one attached hydrogen (secondary N) is 3. The molecule has 1 aromatic carbocycles. The second-order valence-electron chi connectivity index (χ2n) is 9.53. The number of aliphatic hydroxyl groups excluding tert-OH is 1. The van der Waals surface area contributed by atoms with E-state index in [4.69, 9.17) is 9.47 Å². The van der Waals surface area contributed by atoms with Crippen molar-refractivity contribution in [2.45, 2.75) is 23.1 Å². The van der Waals surface area contributed by atoms with Crippen molar-refractivity contribution in [3.8, 4) is 5.88 Å². The molecule has 2 aromatic heterocycles. The van der Waals surface area contributed by atoms with E-state index in [9.17, 15) is 14.7 Å². The number of pyridine rings is 2. The Bertz CT molecular complexity index is 1390. The standard InChI is InChI=1S/C26H28N6O5S/c1-36-23-5-3-18-25(31-23)16(6-7-28-18)24(17-10-27-11-20(17)33)29-9-15-12-32(26(35)37-15)14-2-4-21-19(8-14)30-22(34)13-38-21/h2-8,15,17,20,24,27,29,33H,9-13H2,1H3,(H,30,34)/t15?,17-,20-,24?/m0/s1. The van der Waals surface area contributed by atoms with E-state index in [2.05, 4.69) is 25.9 Å². The van der Waals surface area contributed by atoms with E-state index in [0.717, 1.165) is 16.0 Å². The molecule has 0 radical (unpaired) electrons. The molecule has 11 nitrogen and oxygen atoms in total. The van der Waals surface area contributed by atoms with E-state index in [-0.39, 0.29) is 17.9 Å². The lowest BCUT2D eigenvalue weighted by Crippen LogP contribution is -2.39. The van der Waals surface area contributed by atoms with Crippen molar-refractivity contribution >= 4 is 46.2 Å². The van der Waals surface area contributed by atoms with Gasteiger partial charge in [0.25, 0.3) is 0 Å². The number of ether oxygens (including phenoxy) is 2. The summed E-state index contributed by atoms with van der Waals surface area (Å²) in [5, 5.41) is 20.4. The van der Waals surface area contributed by atoms with Crippen molar-refractivity contribution in [2.24, 2.45) is 5.92 Å². The van der Waals surface area contributed by atoms with Crippen molar-refractivity contribution in [3.05, 3.63) is 48.2 Å². The first-order chi connectivity index (χ1) is 18.5. The largest absolute Gasteiger partial charge is 0.481 e. The summed E-state index contributed by atoms with van der Waals surface area (Å²) in [6.07, 6.45) is 0.339. The van der Waals surface area contributed by atoms with Crippen LogP contribution in [0.25, 0.3) is 11.0 Å². The monoisotopic (exact) mass is 536 g/mol. The van der Waals surface area contributed by atoms with Gasteiger partial charge >= 0.3 is 6.09 Å². The quantitative estimate of drug-likeness (QED) is 0.354. The van der Waals surface area contributed by atoms with Gasteiger partial charge in [-0.05, 0) is 35.9 Å². The maximum atomic E-state index is 12.8. The van der Waals surface area contributed by atoms with Crippen LogP contribution in [0.4, 0.5) is 16.2 Å². The van der Waals surface area contributed by atoms with E-state index in [0.29, 0.717) is 54.7 Å². The summed E-state index contributed by atoms with van der Waals surface area (Å²) in [5.41, 5.74) is 3.69. The minimum Gasteiger partial charge on any atom is -0.481 e. The molecule has 2 amide bonds. The molecule has 198 valence electrons. The topological polar surface area (TPSA) is 138 Å². The molecule has 3 aromatic rings. The van der Waals surface area contributed by atoms with Gasteiger partial charge in [0.05, 0.1) is 42.2 Å². The number of hydrogen-bond acceptors (Lipinski definition) is 10. The zero-order chi connectivity index (χ0) is 26.2. The highest BCUT2D eigenvalue weighted by molar-refractivity contribution is 8.00. The van der Waals surface area contributed by atoms with E-state index >= 15 is 0 Å². The Balaban J connectivity index is 1.22. The van der Waals surface area contributed by atoms with Gasteiger partial charge in [0, 0.05) is 54.4 Å². The molecule has 12 heteroatoms. The van der Waals surface area contributed by atoms with Gasteiger partial charge in [-0.2, -0.15) is 0 Å². The summed E-state index contributed by atoms with van der Waals surface area (Å²) in [6.45, 7) is 1.86. The van der Waals surface area contributed by atoms with Crippen LogP contribution < -0.4 is 25.6 Å². The lowest BCUT2D eigenvalue weighted by Gasteiger charge is -2.28. The maximum Gasteiger partial charge on any atom is 0.414 e. The molecule has 0 aliphatic carbocycles. The average molecular weight is 537 g/mol. The number of amides is 2. The van der Waals surface area contributed by atoms with Crippen molar-refractivity contribution in [1.29, 1.82) is 0 Å². The summed E-state index contributed by atoms with van der Waals surface area (Å²) in [6, 6.07) is 10.9. The second-order valence-corrected chi connectivity index (χ2v) is 10.5. The van der Waals surface area contributed by atoms with Crippen LogP contribution >= 0.6 is 11.8 Å². The SMILES string of the molecule is COc1ccc2nccc(C(NCC3CN(c4ccc5c(c4)NC(=O)CS5)C(=O)O3)[C@H]3CNC[C@@H]3O)c2n1. The number of methoxy groups -OCH3 is 1. The third-order valence-corrected chi connectivity index (χ3v) is 8.21. The van der Waals surface area contributed by atoms with Crippen molar-refractivity contribution in [3.63, 3.8) is 0 Å². The second kappa shape index (κ2) is 10.4. The molecule has 0 bridgehead atoms. The van der Waals surface area contributed by atoms with Crippen molar-refractivity contribution in [2.75, 3.05) is 49.3 Å². The highest BCUT2D eigenvalue weighted by Crippen LogP contribution is 2.36. The first-order valence-corrected chi connectivity index (χ1v) is 13.5. The molecule has 6 rings (SSSR count). The van der Waals surface area contributed by atoms with Gasteiger partial charge in [0.1, 0.15) is 6.10 Å². The summed E-state index contributed by atoms with van der Waals surface area (Å²) in [5.74, 6) is 0.683. The van der Waals surface area contributed by atoms with Gasteiger partial charge in [0.15, 0.2) is 0 Å². The normalized spacial score (nSPS) is 23.7. The lowest BCUT2D eigenvalue weighted by molar-refractivity contribution is -0.113. The Morgan fingerprint density at radius 1 is 1.26 bits per heavy atom. The van der Waals surface area contributed by atoms with Gasteiger partial charge in [0.2, 0.25) is 11.8 Å². The van der Waals surface area contributed by atoms with Gasteiger partial charge in [-0.15, -0.1) is 11.8 Å². The number of hydrogen-bond donors (Lipinski definition) is 4. The first kappa shape index (κ1) is 24.9. The fourth-order valence-corrected chi connectivity index (χ4v) is 6.03. The minimum atomic E-state index is -0.549. The van der Waals surface area contributed by atoms with E-state index in [1.54, 1.807) is 24.3 Å². The van der Waals surface area contributed by atoms with Gasteiger partial charge in [-0.3, -0.25) is 14.7 Å². The Hall–Kier alpha value is -3.45. The van der Waals surface area contributed by atoms with Crippen LogP contribution in [0.2, 0.25) is 0 Å². The number of aliphatic hydroxyl groups is 1. The predicted octanol–water partition coefficient (Wildman–Crippen LogP) is 1.92. The Morgan fingerprint density at radius 2 is 2.16 bits per heavy atom. The van der Waals surface area contributed by atoms with Crippen LogP contribution in [0.1, 0.15) is 11.6 Å². The summed E-state index contributed by atoms with van der Waals surface area (Å²) in [4.78, 5) is 36.2. The van der Waals surface area contributed by atoms with Crippen LogP contribution in [0.5, 0.6) is 5.88 Å². The molecule has 0 saturated carbocycles. The number of fused-ring (bicyclic) bond motifs is 2. The third kappa shape index (κ3) is 4.75. The highest BCUT2D eigenvalue weighted by Gasteiger charge is 2.37. The number of cyclic esters (lactones) is 1.